The first-order valence-corrected chi connectivity index (χ1v) is 5.80. The second-order valence-electron chi connectivity index (χ2n) is 3.89. The Bertz CT molecular complexity index is 544. The maximum Gasteiger partial charge on any atom is 0.335 e. The number of para-hydroxylation sites is 1. The van der Waals surface area contributed by atoms with Crippen molar-refractivity contribution in [3.63, 3.8) is 0 Å². The molecule has 0 spiro atoms. The van der Waals surface area contributed by atoms with Crippen molar-refractivity contribution in [2.75, 3.05) is 0 Å². The molecule has 1 N–H and O–H groups in total. The first-order chi connectivity index (χ1) is 8.70. The molecule has 0 unspecified atom stereocenters. The molecular weight excluding hydrogens is 228 g/mol. The van der Waals surface area contributed by atoms with Crippen molar-refractivity contribution in [3.8, 4) is 11.5 Å². The Morgan fingerprint density at radius 2 is 1.78 bits per heavy atom. The van der Waals surface area contributed by atoms with Crippen molar-refractivity contribution in [1.29, 1.82) is 0 Å². The molecule has 0 bridgehead atoms. The van der Waals surface area contributed by atoms with Crippen LogP contribution in [0.2, 0.25) is 0 Å². The molecule has 0 aromatic heterocycles. The number of ether oxygens (including phenoxy) is 1. The van der Waals surface area contributed by atoms with Crippen LogP contribution >= 0.6 is 0 Å². The third-order valence-electron chi connectivity index (χ3n) is 2.68. The van der Waals surface area contributed by atoms with Crippen molar-refractivity contribution in [2.45, 2.75) is 13.3 Å². The van der Waals surface area contributed by atoms with Crippen molar-refractivity contribution in [1.82, 2.24) is 0 Å². The summed E-state index contributed by atoms with van der Waals surface area (Å²) >= 11 is 0. The van der Waals surface area contributed by atoms with E-state index in [1.165, 1.54) is 12.1 Å². The van der Waals surface area contributed by atoms with Gasteiger partial charge >= 0.3 is 5.97 Å². The second kappa shape index (κ2) is 5.36. The molecule has 2 aromatic rings. The molecule has 0 aliphatic carbocycles. The number of carboxylic acids is 1. The van der Waals surface area contributed by atoms with E-state index in [9.17, 15) is 4.79 Å². The molecule has 92 valence electrons. The van der Waals surface area contributed by atoms with Gasteiger partial charge in [0.2, 0.25) is 0 Å². The second-order valence-corrected chi connectivity index (χ2v) is 3.89. The van der Waals surface area contributed by atoms with Crippen LogP contribution in [-0.4, -0.2) is 11.1 Å². The smallest absolute Gasteiger partial charge is 0.335 e. The first kappa shape index (κ1) is 12.2. The van der Waals surface area contributed by atoms with Crippen LogP contribution in [0.5, 0.6) is 11.5 Å². The van der Waals surface area contributed by atoms with Crippen LogP contribution in [0.25, 0.3) is 0 Å². The van der Waals surface area contributed by atoms with Crippen LogP contribution in [0.15, 0.2) is 48.5 Å². The van der Waals surface area contributed by atoms with E-state index in [0.717, 1.165) is 17.7 Å². The molecule has 0 saturated heterocycles. The first-order valence-electron chi connectivity index (χ1n) is 5.80. The van der Waals surface area contributed by atoms with Gasteiger partial charge in [0.25, 0.3) is 0 Å². The van der Waals surface area contributed by atoms with E-state index >= 15 is 0 Å². The minimum atomic E-state index is -0.935. The lowest BCUT2D eigenvalue weighted by Crippen LogP contribution is -1.95. The lowest BCUT2D eigenvalue weighted by molar-refractivity contribution is 0.0697. The van der Waals surface area contributed by atoms with Crippen LogP contribution in [0.3, 0.4) is 0 Å². The van der Waals surface area contributed by atoms with Crippen LogP contribution < -0.4 is 4.74 Å². The summed E-state index contributed by atoms with van der Waals surface area (Å²) in [5.74, 6) is 0.513. The summed E-state index contributed by atoms with van der Waals surface area (Å²) in [4.78, 5) is 10.7. The molecule has 0 radical (unpaired) electrons. The van der Waals surface area contributed by atoms with Gasteiger partial charge in [-0.05, 0) is 42.3 Å². The number of aryl methyl sites for hydroxylation is 1. The molecule has 0 atom stereocenters. The molecular formula is C15H14O3. The van der Waals surface area contributed by atoms with Crippen molar-refractivity contribution >= 4 is 5.97 Å². The normalized spacial score (nSPS) is 10.1. The summed E-state index contributed by atoms with van der Waals surface area (Å²) in [7, 11) is 0. The molecule has 2 aromatic carbocycles. The Hall–Kier alpha value is -2.29. The fourth-order valence-electron chi connectivity index (χ4n) is 1.69. The highest BCUT2D eigenvalue weighted by Gasteiger charge is 2.05. The molecule has 0 amide bonds. The maximum atomic E-state index is 10.7. The standard InChI is InChI=1S/C15H14O3/c1-2-11-5-3-4-6-14(11)18-13-9-7-12(8-10-13)15(16)17/h3-10H,2H2,1H3,(H,16,17). The highest BCUT2D eigenvalue weighted by atomic mass is 16.5. The minimum absolute atomic E-state index is 0.256. The van der Waals surface area contributed by atoms with Crippen LogP contribution in [-0.2, 0) is 6.42 Å². The number of benzene rings is 2. The summed E-state index contributed by atoms with van der Waals surface area (Å²) in [6.45, 7) is 2.07. The predicted molar refractivity (Wildman–Crippen MR) is 69.3 cm³/mol. The van der Waals surface area contributed by atoms with Gasteiger partial charge in [-0.3, -0.25) is 0 Å². The third kappa shape index (κ3) is 2.69. The zero-order valence-corrected chi connectivity index (χ0v) is 10.1. The number of hydrogen-bond acceptors (Lipinski definition) is 2. The molecule has 0 saturated carbocycles. The van der Waals surface area contributed by atoms with Gasteiger partial charge in [-0.1, -0.05) is 25.1 Å². The summed E-state index contributed by atoms with van der Waals surface area (Å²) in [5.41, 5.74) is 1.38. The van der Waals surface area contributed by atoms with Crippen molar-refractivity contribution in [2.24, 2.45) is 0 Å². The summed E-state index contributed by atoms with van der Waals surface area (Å²) in [6.07, 6.45) is 0.892. The Kier molecular flexibility index (Phi) is 3.63. The van der Waals surface area contributed by atoms with E-state index in [4.69, 9.17) is 9.84 Å². The summed E-state index contributed by atoms with van der Waals surface area (Å²) < 4.78 is 5.74. The number of aromatic carboxylic acids is 1. The Balaban J connectivity index is 2.21. The van der Waals surface area contributed by atoms with E-state index in [0.29, 0.717) is 5.75 Å². The number of rotatable bonds is 4. The molecule has 0 heterocycles. The Labute approximate surface area is 106 Å². The lowest BCUT2D eigenvalue weighted by Gasteiger charge is -2.09. The van der Waals surface area contributed by atoms with Crippen LogP contribution in [0, 0.1) is 0 Å². The quantitative estimate of drug-likeness (QED) is 0.888. The highest BCUT2D eigenvalue weighted by molar-refractivity contribution is 5.87. The van der Waals surface area contributed by atoms with E-state index < -0.39 is 5.97 Å². The number of carboxylic acid groups (broad SMARTS) is 1. The van der Waals surface area contributed by atoms with Gasteiger partial charge < -0.3 is 9.84 Å². The van der Waals surface area contributed by atoms with Gasteiger partial charge in [0, 0.05) is 0 Å². The fourth-order valence-corrected chi connectivity index (χ4v) is 1.69. The highest BCUT2D eigenvalue weighted by Crippen LogP contribution is 2.25. The molecule has 0 fully saturated rings. The number of hydrogen-bond donors (Lipinski definition) is 1. The minimum Gasteiger partial charge on any atom is -0.478 e. The molecule has 0 aliphatic rings. The SMILES string of the molecule is CCc1ccccc1Oc1ccc(C(=O)O)cc1. The molecule has 18 heavy (non-hydrogen) atoms. The van der Waals surface area contributed by atoms with E-state index in [2.05, 4.69) is 6.92 Å². The van der Waals surface area contributed by atoms with Gasteiger partial charge in [-0.2, -0.15) is 0 Å². The van der Waals surface area contributed by atoms with Gasteiger partial charge in [0.05, 0.1) is 5.56 Å². The van der Waals surface area contributed by atoms with E-state index in [1.807, 2.05) is 24.3 Å². The monoisotopic (exact) mass is 242 g/mol. The van der Waals surface area contributed by atoms with E-state index in [-0.39, 0.29) is 5.56 Å². The summed E-state index contributed by atoms with van der Waals surface area (Å²) in [5, 5.41) is 8.81. The Morgan fingerprint density at radius 3 is 2.39 bits per heavy atom. The topological polar surface area (TPSA) is 46.5 Å². The lowest BCUT2D eigenvalue weighted by atomic mass is 10.1. The third-order valence-corrected chi connectivity index (χ3v) is 2.68. The maximum absolute atomic E-state index is 10.7. The summed E-state index contributed by atoms with van der Waals surface area (Å²) in [6, 6.07) is 14.2. The van der Waals surface area contributed by atoms with Gasteiger partial charge in [0.15, 0.2) is 0 Å². The zero-order valence-electron chi connectivity index (χ0n) is 10.1. The predicted octanol–water partition coefficient (Wildman–Crippen LogP) is 3.74. The van der Waals surface area contributed by atoms with Gasteiger partial charge in [-0.15, -0.1) is 0 Å². The van der Waals surface area contributed by atoms with Crippen LogP contribution in [0.4, 0.5) is 0 Å². The Morgan fingerprint density at radius 1 is 1.11 bits per heavy atom. The molecule has 3 nitrogen and oxygen atoms in total. The van der Waals surface area contributed by atoms with E-state index in [1.54, 1.807) is 12.1 Å². The fraction of sp³-hybridized carbons (Fsp3) is 0.133. The van der Waals surface area contributed by atoms with Gasteiger partial charge in [-0.25, -0.2) is 4.79 Å². The molecule has 0 aliphatic heterocycles. The van der Waals surface area contributed by atoms with Gasteiger partial charge in [0.1, 0.15) is 11.5 Å². The van der Waals surface area contributed by atoms with Crippen molar-refractivity contribution in [3.05, 3.63) is 59.7 Å². The molecule has 2 rings (SSSR count). The number of carbonyl (C=O) groups is 1. The van der Waals surface area contributed by atoms with Crippen molar-refractivity contribution < 1.29 is 14.6 Å². The molecule has 3 heteroatoms. The average molecular weight is 242 g/mol. The van der Waals surface area contributed by atoms with Crippen LogP contribution in [0.1, 0.15) is 22.8 Å². The largest absolute Gasteiger partial charge is 0.478 e. The average Bonchev–Trinajstić information content (AvgIpc) is 2.40. The zero-order chi connectivity index (χ0) is 13.0.